The molecule has 17 heavy (non-hydrogen) atoms. The van der Waals surface area contributed by atoms with E-state index >= 15 is 0 Å². The van der Waals surface area contributed by atoms with Crippen LogP contribution in [0.1, 0.15) is 19.8 Å². The third kappa shape index (κ3) is 3.17. The van der Waals surface area contributed by atoms with E-state index in [1.807, 2.05) is 0 Å². The van der Waals surface area contributed by atoms with Gasteiger partial charge < -0.3 is 10.5 Å². The van der Waals surface area contributed by atoms with E-state index < -0.39 is 21.2 Å². The molecule has 1 aliphatic heterocycles. The van der Waals surface area contributed by atoms with Crippen molar-refractivity contribution in [1.82, 2.24) is 4.31 Å². The monoisotopic (exact) mass is 264 g/mol. The first-order valence-corrected chi connectivity index (χ1v) is 7.20. The standard InChI is InChI=1S/C10H20N2O4S/c1-8(10(13)16-2)17(14,15)12-5-3-4-9(6-11)7-12/h8-9H,3-7,11H2,1-2H3. The van der Waals surface area contributed by atoms with Crippen molar-refractivity contribution in [3.63, 3.8) is 0 Å². The Morgan fingerprint density at radius 2 is 2.24 bits per heavy atom. The number of methoxy groups -OCH3 is 1. The molecule has 0 bridgehead atoms. The first kappa shape index (κ1) is 14.4. The molecular formula is C10H20N2O4S. The highest BCUT2D eigenvalue weighted by Gasteiger charge is 2.36. The van der Waals surface area contributed by atoms with E-state index in [-0.39, 0.29) is 5.92 Å². The van der Waals surface area contributed by atoms with Gasteiger partial charge in [0.2, 0.25) is 10.0 Å². The van der Waals surface area contributed by atoms with Crippen molar-refractivity contribution in [3.05, 3.63) is 0 Å². The summed E-state index contributed by atoms with van der Waals surface area (Å²) in [5.41, 5.74) is 5.56. The summed E-state index contributed by atoms with van der Waals surface area (Å²) in [5.74, 6) is -0.539. The molecule has 6 nitrogen and oxygen atoms in total. The molecule has 0 amide bonds. The highest BCUT2D eigenvalue weighted by molar-refractivity contribution is 7.90. The van der Waals surface area contributed by atoms with Crippen LogP contribution in [-0.4, -0.2) is 50.7 Å². The van der Waals surface area contributed by atoms with Crippen LogP contribution in [0.2, 0.25) is 0 Å². The summed E-state index contributed by atoms with van der Waals surface area (Å²) in [7, 11) is -2.43. The molecule has 1 heterocycles. The Balaban J connectivity index is 2.79. The van der Waals surface area contributed by atoms with Crippen molar-refractivity contribution in [3.8, 4) is 0 Å². The lowest BCUT2D eigenvalue weighted by Gasteiger charge is -2.32. The number of piperidine rings is 1. The molecule has 0 aromatic rings. The fourth-order valence-electron chi connectivity index (χ4n) is 1.96. The van der Waals surface area contributed by atoms with Crippen LogP contribution in [0.4, 0.5) is 0 Å². The minimum absolute atomic E-state index is 0.184. The SMILES string of the molecule is COC(=O)C(C)S(=O)(=O)N1CCCC(CN)C1. The summed E-state index contributed by atoms with van der Waals surface area (Å²) in [6.07, 6.45) is 1.73. The van der Waals surface area contributed by atoms with Crippen LogP contribution in [-0.2, 0) is 19.6 Å². The van der Waals surface area contributed by atoms with Crippen molar-refractivity contribution in [2.45, 2.75) is 25.0 Å². The predicted octanol–water partition coefficient (Wildman–Crippen LogP) is -0.452. The minimum atomic E-state index is -3.61. The summed E-state index contributed by atoms with van der Waals surface area (Å²) in [6.45, 7) is 2.69. The molecule has 0 aromatic heterocycles. The van der Waals surface area contributed by atoms with Gasteiger partial charge in [-0.25, -0.2) is 12.7 Å². The second-order valence-electron chi connectivity index (χ2n) is 4.31. The molecule has 1 saturated heterocycles. The van der Waals surface area contributed by atoms with Gasteiger partial charge in [-0.15, -0.1) is 0 Å². The fourth-order valence-corrected chi connectivity index (χ4v) is 3.55. The molecule has 100 valence electrons. The zero-order valence-corrected chi connectivity index (χ0v) is 11.1. The summed E-state index contributed by atoms with van der Waals surface area (Å²) in [4.78, 5) is 11.3. The minimum Gasteiger partial charge on any atom is -0.468 e. The zero-order chi connectivity index (χ0) is 13.1. The molecule has 0 aliphatic carbocycles. The molecule has 2 unspecified atom stereocenters. The number of carbonyl (C=O) groups excluding carboxylic acids is 1. The number of esters is 1. The van der Waals surface area contributed by atoms with Crippen molar-refractivity contribution in [1.29, 1.82) is 0 Å². The number of hydrogen-bond acceptors (Lipinski definition) is 5. The maximum atomic E-state index is 12.1. The molecule has 0 aromatic carbocycles. The van der Waals surface area contributed by atoms with Crippen LogP contribution >= 0.6 is 0 Å². The Kier molecular flexibility index (Phi) is 4.91. The summed E-state index contributed by atoms with van der Waals surface area (Å²) < 4.78 is 30.1. The maximum Gasteiger partial charge on any atom is 0.325 e. The van der Waals surface area contributed by atoms with E-state index in [0.717, 1.165) is 12.8 Å². The molecular weight excluding hydrogens is 244 g/mol. The number of ether oxygens (including phenoxy) is 1. The highest BCUT2D eigenvalue weighted by Crippen LogP contribution is 2.21. The molecule has 7 heteroatoms. The lowest BCUT2D eigenvalue weighted by molar-refractivity contribution is -0.139. The summed E-state index contributed by atoms with van der Waals surface area (Å²) in [6, 6.07) is 0. The van der Waals surface area contributed by atoms with E-state index in [0.29, 0.717) is 19.6 Å². The topological polar surface area (TPSA) is 89.7 Å². The Morgan fingerprint density at radius 1 is 1.59 bits per heavy atom. The van der Waals surface area contributed by atoms with Gasteiger partial charge in [0.1, 0.15) is 0 Å². The second kappa shape index (κ2) is 5.79. The first-order chi connectivity index (χ1) is 7.93. The molecule has 0 spiro atoms. The number of rotatable bonds is 4. The number of sulfonamides is 1. The predicted molar refractivity (Wildman–Crippen MR) is 63.7 cm³/mol. The van der Waals surface area contributed by atoms with Gasteiger partial charge in [0.05, 0.1) is 7.11 Å². The van der Waals surface area contributed by atoms with Crippen LogP contribution in [0.25, 0.3) is 0 Å². The van der Waals surface area contributed by atoms with Crippen LogP contribution in [0.3, 0.4) is 0 Å². The van der Waals surface area contributed by atoms with Gasteiger partial charge in [0.15, 0.2) is 5.25 Å². The Hall–Kier alpha value is -0.660. The summed E-state index contributed by atoms with van der Waals surface area (Å²) in [5, 5.41) is -1.15. The van der Waals surface area contributed by atoms with Gasteiger partial charge >= 0.3 is 5.97 Å². The Morgan fingerprint density at radius 3 is 2.76 bits per heavy atom. The quantitative estimate of drug-likeness (QED) is 0.694. The number of nitrogens with two attached hydrogens (primary N) is 1. The fraction of sp³-hybridized carbons (Fsp3) is 0.900. The molecule has 0 saturated carbocycles. The van der Waals surface area contributed by atoms with E-state index in [9.17, 15) is 13.2 Å². The van der Waals surface area contributed by atoms with Crippen molar-refractivity contribution >= 4 is 16.0 Å². The van der Waals surface area contributed by atoms with Gasteiger partial charge in [0, 0.05) is 13.1 Å². The third-order valence-electron chi connectivity index (χ3n) is 3.15. The zero-order valence-electron chi connectivity index (χ0n) is 10.3. The molecule has 0 radical (unpaired) electrons. The Bertz CT molecular complexity index is 369. The molecule has 2 N–H and O–H groups in total. The van der Waals surface area contributed by atoms with Gasteiger partial charge in [-0.1, -0.05) is 0 Å². The van der Waals surface area contributed by atoms with E-state index in [1.54, 1.807) is 0 Å². The van der Waals surface area contributed by atoms with Crippen LogP contribution in [0.5, 0.6) is 0 Å². The van der Waals surface area contributed by atoms with Crippen LogP contribution in [0.15, 0.2) is 0 Å². The van der Waals surface area contributed by atoms with E-state index in [2.05, 4.69) is 4.74 Å². The van der Waals surface area contributed by atoms with Gasteiger partial charge in [-0.05, 0) is 32.2 Å². The van der Waals surface area contributed by atoms with Gasteiger partial charge in [-0.3, -0.25) is 4.79 Å². The average molecular weight is 264 g/mol. The van der Waals surface area contributed by atoms with E-state index in [4.69, 9.17) is 5.73 Å². The lowest BCUT2D eigenvalue weighted by Crippen LogP contribution is -2.47. The summed E-state index contributed by atoms with van der Waals surface area (Å²) >= 11 is 0. The molecule has 1 aliphatic rings. The maximum absolute atomic E-state index is 12.1. The molecule has 1 rings (SSSR count). The lowest BCUT2D eigenvalue weighted by atomic mass is 10.0. The molecule has 1 fully saturated rings. The number of nitrogens with zero attached hydrogens (tertiary/aromatic N) is 1. The van der Waals surface area contributed by atoms with Crippen LogP contribution < -0.4 is 5.73 Å². The molecule has 2 atom stereocenters. The number of carbonyl (C=O) groups is 1. The smallest absolute Gasteiger partial charge is 0.325 e. The largest absolute Gasteiger partial charge is 0.468 e. The van der Waals surface area contributed by atoms with Crippen molar-refractivity contribution in [2.75, 3.05) is 26.7 Å². The van der Waals surface area contributed by atoms with Crippen LogP contribution in [0, 0.1) is 5.92 Å². The van der Waals surface area contributed by atoms with Crippen molar-refractivity contribution in [2.24, 2.45) is 11.7 Å². The Labute approximate surface area is 102 Å². The van der Waals surface area contributed by atoms with Crippen molar-refractivity contribution < 1.29 is 17.9 Å². The van der Waals surface area contributed by atoms with E-state index in [1.165, 1.54) is 18.3 Å². The second-order valence-corrected chi connectivity index (χ2v) is 6.57. The first-order valence-electron chi connectivity index (χ1n) is 5.70. The average Bonchev–Trinajstić information content (AvgIpc) is 2.36. The van der Waals surface area contributed by atoms with Gasteiger partial charge in [0.25, 0.3) is 0 Å². The number of hydrogen-bond donors (Lipinski definition) is 1. The third-order valence-corrected chi connectivity index (χ3v) is 5.29. The van der Waals surface area contributed by atoms with Gasteiger partial charge in [-0.2, -0.15) is 0 Å². The highest BCUT2D eigenvalue weighted by atomic mass is 32.2. The normalized spacial score (nSPS) is 24.3.